The number of nitrogens with two attached hydrogens (primary N) is 1. The predicted molar refractivity (Wildman–Crippen MR) is 113 cm³/mol. The van der Waals surface area contributed by atoms with Gasteiger partial charge in [0.15, 0.2) is 0 Å². The standard InChI is InChI=1S/C23H27N4O.Cs/c1-5-17(11-16-6-7-20-18(12-16)10-15(2)14-26-20)22(28)27-23(3,4)21-13-19(24)8-9-25-21;/h6,8-10,12-14,17H,5,11H2,1-4H3,(H2,24,25)(H,27,28);/q-1;+1/t17-;/m1./s1. The van der Waals surface area contributed by atoms with Crippen LogP contribution in [0.15, 0.2) is 42.7 Å². The fourth-order valence-corrected chi connectivity index (χ4v) is 3.31. The number of aromatic nitrogens is 2. The van der Waals surface area contributed by atoms with E-state index in [4.69, 9.17) is 5.73 Å². The summed E-state index contributed by atoms with van der Waals surface area (Å²) in [6, 6.07) is 12.9. The van der Waals surface area contributed by atoms with Gasteiger partial charge >= 0.3 is 68.9 Å². The Balaban J connectivity index is 0.00000300. The Kier molecular flexibility index (Phi) is 8.75. The van der Waals surface area contributed by atoms with Gasteiger partial charge in [-0.2, -0.15) is 23.8 Å². The van der Waals surface area contributed by atoms with E-state index in [-0.39, 0.29) is 80.7 Å². The first kappa shape index (κ1) is 24.4. The molecular weight excluding hydrogens is 481 g/mol. The average molecular weight is 508 g/mol. The molecule has 0 fully saturated rings. The molecule has 0 spiro atoms. The van der Waals surface area contributed by atoms with Crippen LogP contribution >= 0.6 is 0 Å². The number of anilines is 1. The quantitative estimate of drug-likeness (QED) is 0.486. The van der Waals surface area contributed by atoms with Gasteiger partial charge in [0.2, 0.25) is 5.91 Å². The maximum atomic E-state index is 13.0. The molecule has 2 aromatic heterocycles. The molecule has 0 aliphatic rings. The van der Waals surface area contributed by atoms with Crippen LogP contribution in [0.4, 0.5) is 5.69 Å². The van der Waals surface area contributed by atoms with Gasteiger partial charge in [-0.15, -0.1) is 11.5 Å². The maximum Gasteiger partial charge on any atom is 1.00 e. The van der Waals surface area contributed by atoms with E-state index in [1.54, 1.807) is 18.3 Å². The molecule has 0 saturated heterocycles. The van der Waals surface area contributed by atoms with E-state index in [0.717, 1.165) is 34.1 Å². The van der Waals surface area contributed by atoms with E-state index in [1.165, 1.54) is 0 Å². The van der Waals surface area contributed by atoms with Crippen LogP contribution in [-0.4, -0.2) is 15.9 Å². The number of nitrogens with one attached hydrogen (secondary N) is 1. The van der Waals surface area contributed by atoms with Crippen molar-refractivity contribution >= 4 is 22.5 Å². The monoisotopic (exact) mass is 508 g/mol. The van der Waals surface area contributed by atoms with Crippen LogP contribution < -0.4 is 79.9 Å². The Morgan fingerprint density at radius 3 is 2.72 bits per heavy atom. The molecule has 3 N–H and O–H groups in total. The van der Waals surface area contributed by atoms with Gasteiger partial charge in [-0.25, -0.2) is 0 Å². The number of amides is 1. The van der Waals surface area contributed by atoms with Gasteiger partial charge in [0.05, 0.1) is 11.2 Å². The fraction of sp³-hybridized carbons (Fsp3) is 0.348. The SMILES string of the molecule is CC[C@H](Cc1c[c-]c2ncc(C)cc2c1)C(=O)NC(C)(C)c1cc(N)ccn1.[Cs+]. The Hall–Kier alpha value is -0.898. The minimum absolute atomic E-state index is 0. The first-order chi connectivity index (χ1) is 13.3. The molecule has 6 heteroatoms. The largest absolute Gasteiger partial charge is 1.00 e. The number of carbonyl (C=O) groups is 1. The third-order valence-corrected chi connectivity index (χ3v) is 4.99. The van der Waals surface area contributed by atoms with Crippen LogP contribution in [0.1, 0.15) is 44.0 Å². The molecule has 146 valence electrons. The van der Waals surface area contributed by atoms with Crippen molar-refractivity contribution in [1.82, 2.24) is 15.3 Å². The van der Waals surface area contributed by atoms with E-state index in [2.05, 4.69) is 33.5 Å². The molecule has 0 saturated carbocycles. The molecule has 1 atom stereocenters. The topological polar surface area (TPSA) is 80.9 Å². The number of hydrogen-bond acceptors (Lipinski definition) is 4. The number of nitrogen functional groups attached to an aromatic ring is 1. The average Bonchev–Trinajstić information content (AvgIpc) is 2.65. The van der Waals surface area contributed by atoms with Gasteiger partial charge in [-0.05, 0) is 50.4 Å². The molecule has 0 aliphatic heterocycles. The minimum Gasteiger partial charge on any atom is -0.399 e. The molecule has 3 rings (SSSR count). The number of benzene rings is 1. The zero-order valence-corrected chi connectivity index (χ0v) is 24.2. The van der Waals surface area contributed by atoms with Gasteiger partial charge < -0.3 is 11.1 Å². The minimum atomic E-state index is -0.601. The summed E-state index contributed by atoms with van der Waals surface area (Å²) >= 11 is 0. The second-order valence-electron chi connectivity index (χ2n) is 7.86. The smallest absolute Gasteiger partial charge is 0.399 e. The Bertz CT molecular complexity index is 1000. The zero-order chi connectivity index (χ0) is 20.3. The summed E-state index contributed by atoms with van der Waals surface area (Å²) in [6.07, 6.45) is 4.91. The predicted octanol–water partition coefficient (Wildman–Crippen LogP) is 0.945. The van der Waals surface area contributed by atoms with Crippen molar-refractivity contribution in [2.75, 3.05) is 5.73 Å². The fourth-order valence-electron chi connectivity index (χ4n) is 3.31. The normalized spacial score (nSPS) is 12.3. The second kappa shape index (κ2) is 10.4. The van der Waals surface area contributed by atoms with Crippen molar-refractivity contribution < 1.29 is 73.7 Å². The zero-order valence-electron chi connectivity index (χ0n) is 17.9. The number of pyridine rings is 2. The van der Waals surface area contributed by atoms with Gasteiger partial charge in [0, 0.05) is 24.0 Å². The van der Waals surface area contributed by atoms with E-state index in [0.29, 0.717) is 12.1 Å². The number of hydrogen-bond donors (Lipinski definition) is 2. The first-order valence-corrected chi connectivity index (χ1v) is 9.59. The molecule has 1 amide bonds. The van der Waals surface area contributed by atoms with Crippen LogP contribution in [-0.2, 0) is 16.8 Å². The second-order valence-corrected chi connectivity index (χ2v) is 7.86. The van der Waals surface area contributed by atoms with Crippen LogP contribution in [0, 0.1) is 18.9 Å². The molecule has 2 heterocycles. The van der Waals surface area contributed by atoms with Gasteiger partial charge in [0.25, 0.3) is 0 Å². The Morgan fingerprint density at radius 1 is 1.28 bits per heavy atom. The summed E-state index contributed by atoms with van der Waals surface area (Å²) in [6.45, 7) is 7.94. The van der Waals surface area contributed by atoms with E-state index < -0.39 is 5.54 Å². The molecule has 0 radical (unpaired) electrons. The van der Waals surface area contributed by atoms with Crippen LogP contribution in [0.5, 0.6) is 0 Å². The van der Waals surface area contributed by atoms with Gasteiger partial charge in [-0.3, -0.25) is 14.8 Å². The Morgan fingerprint density at radius 2 is 2.03 bits per heavy atom. The number of fused-ring (bicyclic) bond motifs is 1. The van der Waals surface area contributed by atoms with Gasteiger partial charge in [0.1, 0.15) is 0 Å². The number of aryl methyl sites for hydroxylation is 1. The molecule has 5 nitrogen and oxygen atoms in total. The van der Waals surface area contributed by atoms with Gasteiger partial charge in [-0.1, -0.05) is 13.3 Å². The summed E-state index contributed by atoms with van der Waals surface area (Å²) in [5, 5.41) is 4.19. The van der Waals surface area contributed by atoms with Crippen molar-refractivity contribution in [3.8, 4) is 0 Å². The molecule has 0 aliphatic carbocycles. The van der Waals surface area contributed by atoms with E-state index >= 15 is 0 Å². The number of nitrogens with zero attached hydrogens (tertiary/aromatic N) is 2. The van der Waals surface area contributed by atoms with Crippen LogP contribution in [0.25, 0.3) is 10.9 Å². The summed E-state index contributed by atoms with van der Waals surface area (Å²) in [5.74, 6) is -0.122. The molecule has 0 unspecified atom stereocenters. The van der Waals surface area contributed by atoms with Crippen LogP contribution in [0.3, 0.4) is 0 Å². The van der Waals surface area contributed by atoms with E-state index in [9.17, 15) is 4.79 Å². The molecular formula is C23H27CsN4O. The van der Waals surface area contributed by atoms with Crippen molar-refractivity contribution in [2.24, 2.45) is 5.92 Å². The molecule has 3 aromatic rings. The van der Waals surface area contributed by atoms with E-state index in [1.807, 2.05) is 40.0 Å². The summed E-state index contributed by atoms with van der Waals surface area (Å²) in [5.41, 5.74) is 9.69. The number of carbonyl (C=O) groups excluding carboxylic acids is 1. The third kappa shape index (κ3) is 6.29. The maximum absolute atomic E-state index is 13.0. The summed E-state index contributed by atoms with van der Waals surface area (Å²) in [7, 11) is 0. The first-order valence-electron chi connectivity index (χ1n) is 9.59. The van der Waals surface area contributed by atoms with Crippen molar-refractivity contribution in [2.45, 2.75) is 46.1 Å². The summed E-state index contributed by atoms with van der Waals surface area (Å²) < 4.78 is 0. The molecule has 1 aromatic carbocycles. The van der Waals surface area contributed by atoms with Crippen LogP contribution in [0.2, 0.25) is 0 Å². The van der Waals surface area contributed by atoms with Crippen molar-refractivity contribution in [3.05, 3.63) is 65.6 Å². The molecule has 29 heavy (non-hydrogen) atoms. The molecule has 0 bridgehead atoms. The summed E-state index contributed by atoms with van der Waals surface area (Å²) in [4.78, 5) is 21.7. The third-order valence-electron chi connectivity index (χ3n) is 4.99. The number of rotatable bonds is 6. The Labute approximate surface area is 231 Å². The van der Waals surface area contributed by atoms with Crippen molar-refractivity contribution in [3.63, 3.8) is 0 Å². The van der Waals surface area contributed by atoms with Crippen molar-refractivity contribution in [1.29, 1.82) is 0 Å².